The predicted molar refractivity (Wildman–Crippen MR) is 71.4 cm³/mol. The molecule has 7 heteroatoms. The van der Waals surface area contributed by atoms with Gasteiger partial charge >= 0.3 is 5.97 Å². The van der Waals surface area contributed by atoms with Crippen molar-refractivity contribution in [1.82, 2.24) is 19.9 Å². The molecule has 0 unspecified atom stereocenters. The van der Waals surface area contributed by atoms with Crippen LogP contribution < -0.4 is 5.32 Å². The number of carbonyl (C=O) groups is 2. The molecule has 0 atom stereocenters. The first-order valence-corrected chi connectivity index (χ1v) is 6.28. The van der Waals surface area contributed by atoms with Gasteiger partial charge < -0.3 is 10.1 Å². The molecule has 0 saturated heterocycles. The van der Waals surface area contributed by atoms with E-state index in [1.807, 2.05) is 19.9 Å². The smallest absolute Gasteiger partial charge is 0.325 e. The Hall–Kier alpha value is -2.44. The van der Waals surface area contributed by atoms with Crippen molar-refractivity contribution in [2.45, 2.75) is 20.8 Å². The van der Waals surface area contributed by atoms with Gasteiger partial charge in [-0.25, -0.2) is 9.50 Å². The van der Waals surface area contributed by atoms with Crippen molar-refractivity contribution >= 4 is 17.5 Å². The molecule has 2 heterocycles. The molecule has 7 nitrogen and oxygen atoms in total. The summed E-state index contributed by atoms with van der Waals surface area (Å²) in [5.41, 5.74) is 2.50. The molecule has 2 aromatic heterocycles. The van der Waals surface area contributed by atoms with Crippen LogP contribution in [0.1, 0.15) is 28.7 Å². The standard InChI is InChI=1S/C13H16N4O3/c1-4-20-11(18)7-14-13(19)10-6-15-17-9(3)5-8(2)16-12(10)17/h5-6H,4,7H2,1-3H3,(H,14,19). The summed E-state index contributed by atoms with van der Waals surface area (Å²) in [6.07, 6.45) is 1.44. The largest absolute Gasteiger partial charge is 0.465 e. The van der Waals surface area contributed by atoms with Crippen LogP contribution in [0.25, 0.3) is 5.65 Å². The van der Waals surface area contributed by atoms with Crippen LogP contribution in [0.15, 0.2) is 12.3 Å². The van der Waals surface area contributed by atoms with Gasteiger partial charge in [-0.3, -0.25) is 9.59 Å². The lowest BCUT2D eigenvalue weighted by molar-refractivity contribution is -0.141. The van der Waals surface area contributed by atoms with Crippen LogP contribution in [0, 0.1) is 13.8 Å². The maximum Gasteiger partial charge on any atom is 0.325 e. The number of amides is 1. The zero-order valence-electron chi connectivity index (χ0n) is 11.6. The van der Waals surface area contributed by atoms with E-state index in [0.717, 1.165) is 11.4 Å². The van der Waals surface area contributed by atoms with Gasteiger partial charge in [-0.15, -0.1) is 0 Å². The van der Waals surface area contributed by atoms with Crippen molar-refractivity contribution in [2.24, 2.45) is 0 Å². The van der Waals surface area contributed by atoms with E-state index in [0.29, 0.717) is 11.2 Å². The molecule has 0 aliphatic heterocycles. The first kappa shape index (κ1) is 14.0. The minimum absolute atomic E-state index is 0.172. The molecule has 2 aromatic rings. The summed E-state index contributed by atoms with van der Waals surface area (Å²) < 4.78 is 6.33. The lowest BCUT2D eigenvalue weighted by atomic mass is 10.3. The molecule has 0 aliphatic rings. The van der Waals surface area contributed by atoms with E-state index >= 15 is 0 Å². The van der Waals surface area contributed by atoms with Crippen molar-refractivity contribution in [2.75, 3.05) is 13.2 Å². The second-order valence-corrected chi connectivity index (χ2v) is 4.32. The number of fused-ring (bicyclic) bond motifs is 1. The Morgan fingerprint density at radius 1 is 1.40 bits per heavy atom. The van der Waals surface area contributed by atoms with E-state index in [4.69, 9.17) is 4.74 Å². The van der Waals surface area contributed by atoms with Gasteiger partial charge in [0.05, 0.1) is 12.8 Å². The third-order valence-corrected chi connectivity index (χ3v) is 2.72. The molecule has 0 aromatic carbocycles. The van der Waals surface area contributed by atoms with Crippen LogP contribution in [0.3, 0.4) is 0 Å². The summed E-state index contributed by atoms with van der Waals surface area (Å²) in [6, 6.07) is 1.88. The van der Waals surface area contributed by atoms with E-state index in [1.165, 1.54) is 6.20 Å². The van der Waals surface area contributed by atoms with E-state index in [1.54, 1.807) is 11.4 Å². The van der Waals surface area contributed by atoms with E-state index < -0.39 is 11.9 Å². The number of aromatic nitrogens is 3. The fourth-order valence-electron chi connectivity index (χ4n) is 1.89. The Morgan fingerprint density at radius 2 is 2.15 bits per heavy atom. The minimum atomic E-state index is -0.474. The van der Waals surface area contributed by atoms with Crippen molar-refractivity contribution < 1.29 is 14.3 Å². The second-order valence-electron chi connectivity index (χ2n) is 4.32. The van der Waals surface area contributed by atoms with Gasteiger partial charge in [0, 0.05) is 11.4 Å². The lowest BCUT2D eigenvalue weighted by Crippen LogP contribution is -2.30. The van der Waals surface area contributed by atoms with Crippen LogP contribution >= 0.6 is 0 Å². The number of rotatable bonds is 4. The summed E-state index contributed by atoms with van der Waals surface area (Å²) in [4.78, 5) is 27.6. The molecule has 0 spiro atoms. The van der Waals surface area contributed by atoms with Gasteiger partial charge in [0.2, 0.25) is 0 Å². The Balaban J connectivity index is 2.20. The number of hydrogen-bond acceptors (Lipinski definition) is 5. The average Bonchev–Trinajstić information content (AvgIpc) is 2.80. The fraction of sp³-hybridized carbons (Fsp3) is 0.385. The lowest BCUT2D eigenvalue weighted by Gasteiger charge is -2.04. The van der Waals surface area contributed by atoms with Crippen LogP contribution in [0.5, 0.6) is 0 Å². The number of hydrogen-bond donors (Lipinski definition) is 1. The average molecular weight is 276 g/mol. The van der Waals surface area contributed by atoms with Gasteiger partial charge in [-0.2, -0.15) is 5.10 Å². The predicted octanol–water partition coefficient (Wildman–Crippen LogP) is 0.639. The number of carbonyl (C=O) groups excluding carboxylic acids is 2. The highest BCUT2D eigenvalue weighted by Crippen LogP contribution is 2.11. The van der Waals surface area contributed by atoms with Crippen LogP contribution in [-0.4, -0.2) is 39.6 Å². The number of ether oxygens (including phenoxy) is 1. The van der Waals surface area contributed by atoms with E-state index in [9.17, 15) is 9.59 Å². The number of aryl methyl sites for hydroxylation is 2. The third-order valence-electron chi connectivity index (χ3n) is 2.72. The molecule has 106 valence electrons. The molecule has 1 amide bonds. The third kappa shape index (κ3) is 2.76. The maximum atomic E-state index is 12.0. The normalized spacial score (nSPS) is 10.6. The van der Waals surface area contributed by atoms with Gasteiger partial charge in [-0.05, 0) is 26.8 Å². The molecule has 20 heavy (non-hydrogen) atoms. The monoisotopic (exact) mass is 276 g/mol. The van der Waals surface area contributed by atoms with Gasteiger partial charge in [0.25, 0.3) is 5.91 Å². The van der Waals surface area contributed by atoms with Crippen molar-refractivity contribution in [3.63, 3.8) is 0 Å². The summed E-state index contributed by atoms with van der Waals surface area (Å²) >= 11 is 0. The summed E-state index contributed by atoms with van der Waals surface area (Å²) in [6.45, 7) is 5.55. The molecule has 0 fully saturated rings. The Morgan fingerprint density at radius 3 is 2.85 bits per heavy atom. The second kappa shape index (κ2) is 5.68. The summed E-state index contributed by atoms with van der Waals surface area (Å²) in [7, 11) is 0. The van der Waals surface area contributed by atoms with Crippen molar-refractivity contribution in [1.29, 1.82) is 0 Å². The number of esters is 1. The number of nitrogens with one attached hydrogen (secondary N) is 1. The highest BCUT2D eigenvalue weighted by atomic mass is 16.5. The SMILES string of the molecule is CCOC(=O)CNC(=O)c1cnn2c(C)cc(C)nc12. The van der Waals surface area contributed by atoms with Crippen LogP contribution in [-0.2, 0) is 9.53 Å². The first-order chi connectivity index (χ1) is 9.52. The Kier molecular flexibility index (Phi) is 3.97. The first-order valence-electron chi connectivity index (χ1n) is 6.28. The fourth-order valence-corrected chi connectivity index (χ4v) is 1.89. The molecule has 2 rings (SSSR count). The molecular weight excluding hydrogens is 260 g/mol. The van der Waals surface area contributed by atoms with E-state index in [2.05, 4.69) is 15.4 Å². The zero-order valence-corrected chi connectivity index (χ0v) is 11.6. The Bertz CT molecular complexity index is 663. The van der Waals surface area contributed by atoms with E-state index in [-0.39, 0.29) is 13.2 Å². The summed E-state index contributed by atoms with van der Waals surface area (Å²) in [5, 5.41) is 6.61. The quantitative estimate of drug-likeness (QED) is 0.828. The Labute approximate surface area is 115 Å². The minimum Gasteiger partial charge on any atom is -0.465 e. The molecule has 0 bridgehead atoms. The van der Waals surface area contributed by atoms with Gasteiger partial charge in [0.15, 0.2) is 5.65 Å². The molecule has 0 radical (unpaired) electrons. The topological polar surface area (TPSA) is 85.6 Å². The maximum absolute atomic E-state index is 12.0. The molecule has 0 aliphatic carbocycles. The highest BCUT2D eigenvalue weighted by molar-refractivity contribution is 6.00. The number of nitrogens with zero attached hydrogens (tertiary/aromatic N) is 3. The highest BCUT2D eigenvalue weighted by Gasteiger charge is 2.16. The van der Waals surface area contributed by atoms with Crippen LogP contribution in [0.4, 0.5) is 0 Å². The zero-order chi connectivity index (χ0) is 14.7. The molecule has 1 N–H and O–H groups in total. The summed E-state index contributed by atoms with van der Waals surface area (Å²) in [5.74, 6) is -0.872. The van der Waals surface area contributed by atoms with Crippen LogP contribution in [0.2, 0.25) is 0 Å². The molecular formula is C13H16N4O3. The van der Waals surface area contributed by atoms with Crippen molar-refractivity contribution in [3.8, 4) is 0 Å². The van der Waals surface area contributed by atoms with Gasteiger partial charge in [0.1, 0.15) is 12.1 Å². The molecule has 0 saturated carbocycles. The van der Waals surface area contributed by atoms with Gasteiger partial charge in [-0.1, -0.05) is 0 Å². The van der Waals surface area contributed by atoms with Crippen molar-refractivity contribution in [3.05, 3.63) is 29.2 Å².